The van der Waals surface area contributed by atoms with Crippen molar-refractivity contribution in [3.05, 3.63) is 58.1 Å². The molecule has 1 unspecified atom stereocenters. The standard InChI is InChI=1S/C24H34N4O5/c1-14(2)31-13-19-20(32-15(3)4)16(5)23(33-19)28-12-18(21(25)27-24(28)30)22(29)26-11-17-9-7-6-8-10-17/h6-10,12,14-16,19-20,23H,11,13H2,1-5H3,(H,26,29)(H2,25,27,30)/t16-,19+,20?,23+/m0/s1. The number of anilines is 1. The molecule has 1 aliphatic heterocycles. The number of benzene rings is 1. The van der Waals surface area contributed by atoms with Crippen LogP contribution in [0.2, 0.25) is 0 Å². The quantitative estimate of drug-likeness (QED) is 0.593. The van der Waals surface area contributed by atoms with Crippen LogP contribution in [0.3, 0.4) is 0 Å². The number of hydrogen-bond donors (Lipinski definition) is 2. The maximum Gasteiger partial charge on any atom is 0.351 e. The summed E-state index contributed by atoms with van der Waals surface area (Å²) in [6, 6.07) is 9.51. The lowest BCUT2D eigenvalue weighted by atomic mass is 10.0. The number of carbonyl (C=O) groups is 1. The Balaban J connectivity index is 1.83. The lowest BCUT2D eigenvalue weighted by Gasteiger charge is -2.24. The molecule has 1 amide bonds. The molecule has 4 atom stereocenters. The fourth-order valence-electron chi connectivity index (χ4n) is 3.86. The molecule has 9 heteroatoms. The van der Waals surface area contributed by atoms with E-state index in [4.69, 9.17) is 19.9 Å². The minimum Gasteiger partial charge on any atom is -0.383 e. The average molecular weight is 459 g/mol. The molecule has 9 nitrogen and oxygen atoms in total. The Bertz CT molecular complexity index is 992. The molecule has 1 saturated heterocycles. The fourth-order valence-corrected chi connectivity index (χ4v) is 3.86. The summed E-state index contributed by atoms with van der Waals surface area (Å²) < 4.78 is 19.4. The third kappa shape index (κ3) is 6.19. The van der Waals surface area contributed by atoms with Crippen molar-refractivity contribution in [1.29, 1.82) is 0 Å². The Labute approximate surface area is 194 Å². The van der Waals surface area contributed by atoms with Gasteiger partial charge in [-0.2, -0.15) is 4.98 Å². The third-order valence-corrected chi connectivity index (χ3v) is 5.47. The predicted octanol–water partition coefficient (Wildman–Crippen LogP) is 2.51. The van der Waals surface area contributed by atoms with Crippen LogP contribution >= 0.6 is 0 Å². The van der Waals surface area contributed by atoms with Crippen molar-refractivity contribution >= 4 is 11.7 Å². The molecule has 33 heavy (non-hydrogen) atoms. The molecule has 3 N–H and O–H groups in total. The minimum atomic E-state index is -0.671. The summed E-state index contributed by atoms with van der Waals surface area (Å²) >= 11 is 0. The van der Waals surface area contributed by atoms with Gasteiger partial charge in [0.2, 0.25) is 0 Å². The van der Waals surface area contributed by atoms with Crippen LogP contribution in [0, 0.1) is 5.92 Å². The Morgan fingerprint density at radius 2 is 1.91 bits per heavy atom. The maximum absolute atomic E-state index is 12.8. The highest BCUT2D eigenvalue weighted by Gasteiger charge is 2.45. The van der Waals surface area contributed by atoms with Gasteiger partial charge in [-0.25, -0.2) is 4.79 Å². The van der Waals surface area contributed by atoms with E-state index in [1.54, 1.807) is 0 Å². The van der Waals surface area contributed by atoms with Crippen LogP contribution in [0.4, 0.5) is 5.82 Å². The van der Waals surface area contributed by atoms with Crippen molar-refractivity contribution in [2.45, 2.75) is 71.8 Å². The Hall–Kier alpha value is -2.75. The van der Waals surface area contributed by atoms with Gasteiger partial charge < -0.3 is 25.3 Å². The van der Waals surface area contributed by atoms with E-state index in [1.165, 1.54) is 10.8 Å². The predicted molar refractivity (Wildman–Crippen MR) is 125 cm³/mol. The van der Waals surface area contributed by atoms with Crippen molar-refractivity contribution in [1.82, 2.24) is 14.9 Å². The number of hydrogen-bond acceptors (Lipinski definition) is 7. The van der Waals surface area contributed by atoms with Crippen LogP contribution in [0.15, 0.2) is 41.3 Å². The zero-order chi connectivity index (χ0) is 24.1. The number of nitrogens with zero attached hydrogens (tertiary/aromatic N) is 2. The molecule has 1 aromatic heterocycles. The summed E-state index contributed by atoms with van der Waals surface area (Å²) in [7, 11) is 0. The Morgan fingerprint density at radius 3 is 2.55 bits per heavy atom. The van der Waals surface area contributed by atoms with Gasteiger partial charge >= 0.3 is 5.69 Å². The Morgan fingerprint density at radius 1 is 1.21 bits per heavy atom. The molecular formula is C24H34N4O5. The molecule has 1 aromatic carbocycles. The maximum atomic E-state index is 12.8. The minimum absolute atomic E-state index is 0.0260. The van der Waals surface area contributed by atoms with Gasteiger partial charge in [-0.15, -0.1) is 0 Å². The van der Waals surface area contributed by atoms with Crippen LogP contribution in [-0.2, 0) is 20.8 Å². The van der Waals surface area contributed by atoms with Crippen LogP contribution in [-0.4, -0.2) is 46.5 Å². The van der Waals surface area contributed by atoms with Crippen molar-refractivity contribution in [3.8, 4) is 0 Å². The largest absolute Gasteiger partial charge is 0.383 e. The molecule has 180 valence electrons. The number of amides is 1. The molecule has 1 fully saturated rings. The number of nitrogen functional groups attached to an aromatic ring is 1. The van der Waals surface area contributed by atoms with Crippen molar-refractivity contribution in [3.63, 3.8) is 0 Å². The van der Waals surface area contributed by atoms with E-state index in [-0.39, 0.29) is 41.7 Å². The van der Waals surface area contributed by atoms with Gasteiger partial charge in [-0.05, 0) is 33.3 Å². The van der Waals surface area contributed by atoms with Crippen LogP contribution in [0.5, 0.6) is 0 Å². The van der Waals surface area contributed by atoms with E-state index in [9.17, 15) is 9.59 Å². The first-order chi connectivity index (χ1) is 15.7. The average Bonchev–Trinajstić information content (AvgIpc) is 3.06. The number of rotatable bonds is 9. The van der Waals surface area contributed by atoms with E-state index in [0.717, 1.165) is 5.56 Å². The first kappa shape index (κ1) is 24.9. The molecule has 3 rings (SSSR count). The summed E-state index contributed by atoms with van der Waals surface area (Å²) in [5.41, 5.74) is 6.40. The molecular weight excluding hydrogens is 424 g/mol. The number of ether oxygens (including phenoxy) is 3. The molecule has 2 heterocycles. The van der Waals surface area contributed by atoms with Crippen LogP contribution in [0.1, 0.15) is 56.8 Å². The summed E-state index contributed by atoms with van der Waals surface area (Å²) in [5.74, 6) is -0.725. The number of aromatic nitrogens is 2. The number of nitrogens with one attached hydrogen (secondary N) is 1. The monoisotopic (exact) mass is 458 g/mol. The van der Waals surface area contributed by atoms with Gasteiger partial charge in [0.05, 0.1) is 30.5 Å². The highest BCUT2D eigenvalue weighted by atomic mass is 16.6. The molecule has 0 saturated carbocycles. The summed E-state index contributed by atoms with van der Waals surface area (Å²) in [6.07, 6.45) is 0.106. The normalized spacial score (nSPS) is 22.8. The highest BCUT2D eigenvalue weighted by molar-refractivity contribution is 5.97. The van der Waals surface area contributed by atoms with E-state index < -0.39 is 17.8 Å². The number of nitrogens with two attached hydrogens (primary N) is 1. The fraction of sp³-hybridized carbons (Fsp3) is 0.542. The van der Waals surface area contributed by atoms with Crippen LogP contribution < -0.4 is 16.7 Å². The third-order valence-electron chi connectivity index (χ3n) is 5.47. The topological polar surface area (TPSA) is 118 Å². The lowest BCUT2D eigenvalue weighted by Crippen LogP contribution is -2.36. The first-order valence-electron chi connectivity index (χ1n) is 11.3. The molecule has 0 bridgehead atoms. The molecule has 1 aliphatic rings. The number of carbonyl (C=O) groups excluding carboxylic acids is 1. The summed E-state index contributed by atoms with van der Waals surface area (Å²) in [6.45, 7) is 10.4. The highest BCUT2D eigenvalue weighted by Crippen LogP contribution is 2.36. The lowest BCUT2D eigenvalue weighted by molar-refractivity contribution is -0.0966. The zero-order valence-corrected chi connectivity index (χ0v) is 19.9. The summed E-state index contributed by atoms with van der Waals surface area (Å²) in [5, 5.41) is 2.82. The van der Waals surface area contributed by atoms with Gasteiger partial charge in [0.15, 0.2) is 0 Å². The smallest absolute Gasteiger partial charge is 0.351 e. The van der Waals surface area contributed by atoms with E-state index in [1.807, 2.05) is 65.0 Å². The van der Waals surface area contributed by atoms with E-state index in [0.29, 0.717) is 13.2 Å². The molecule has 2 aromatic rings. The Kier molecular flexibility index (Phi) is 8.23. The molecule has 0 spiro atoms. The second kappa shape index (κ2) is 10.9. The zero-order valence-electron chi connectivity index (χ0n) is 19.9. The van der Waals surface area contributed by atoms with Crippen molar-refractivity contribution in [2.75, 3.05) is 12.3 Å². The SMILES string of the molecule is CC(C)OC[C@H]1O[C@@H](n2cc(C(=O)NCc3ccccc3)c(N)nc2=O)[C@@H](C)C1OC(C)C. The van der Waals surface area contributed by atoms with Gasteiger partial charge in [0.1, 0.15) is 18.1 Å². The van der Waals surface area contributed by atoms with Crippen molar-refractivity contribution < 1.29 is 19.0 Å². The molecule has 0 aliphatic carbocycles. The summed E-state index contributed by atoms with van der Waals surface area (Å²) in [4.78, 5) is 29.4. The second-order valence-corrected chi connectivity index (χ2v) is 8.85. The van der Waals surface area contributed by atoms with E-state index in [2.05, 4.69) is 10.3 Å². The second-order valence-electron chi connectivity index (χ2n) is 8.85. The first-order valence-corrected chi connectivity index (χ1v) is 11.3. The van der Waals surface area contributed by atoms with Gasteiger partial charge in [0, 0.05) is 18.7 Å². The van der Waals surface area contributed by atoms with Gasteiger partial charge in [0.25, 0.3) is 5.91 Å². The molecule has 0 radical (unpaired) electrons. The van der Waals surface area contributed by atoms with E-state index >= 15 is 0 Å². The van der Waals surface area contributed by atoms with Gasteiger partial charge in [-0.3, -0.25) is 9.36 Å². The van der Waals surface area contributed by atoms with Crippen LogP contribution in [0.25, 0.3) is 0 Å². The van der Waals surface area contributed by atoms with Gasteiger partial charge in [-0.1, -0.05) is 37.3 Å². The van der Waals surface area contributed by atoms with Crippen molar-refractivity contribution in [2.24, 2.45) is 5.92 Å².